The van der Waals surface area contributed by atoms with Crippen LogP contribution >= 0.6 is 0 Å². The SMILES string of the molecule is CCCCCCCC(O)/C=C\CCCC(=O)OCc1ccccc1. The molecule has 0 fully saturated rings. The van der Waals surface area contributed by atoms with Gasteiger partial charge in [0.2, 0.25) is 0 Å². The van der Waals surface area contributed by atoms with Crippen molar-refractivity contribution in [1.82, 2.24) is 0 Å². The molecule has 1 aromatic carbocycles. The summed E-state index contributed by atoms with van der Waals surface area (Å²) in [7, 11) is 0. The van der Waals surface area contributed by atoms with Crippen molar-refractivity contribution in [2.24, 2.45) is 0 Å². The highest BCUT2D eigenvalue weighted by molar-refractivity contribution is 5.69. The number of carbonyl (C=O) groups excluding carboxylic acids is 1. The average Bonchev–Trinajstić information content (AvgIpc) is 2.60. The molecule has 0 aliphatic rings. The summed E-state index contributed by atoms with van der Waals surface area (Å²) < 4.78 is 5.23. The minimum atomic E-state index is -0.350. The highest BCUT2D eigenvalue weighted by Gasteiger charge is 2.03. The molecule has 1 atom stereocenters. The Bertz CT molecular complexity index is 453. The number of rotatable bonds is 13. The summed E-state index contributed by atoms with van der Waals surface area (Å²) in [5, 5.41) is 9.85. The Balaban J connectivity index is 2.00. The van der Waals surface area contributed by atoms with Gasteiger partial charge in [-0.2, -0.15) is 0 Å². The van der Waals surface area contributed by atoms with Gasteiger partial charge in [-0.25, -0.2) is 0 Å². The van der Waals surface area contributed by atoms with Crippen LogP contribution in [0.5, 0.6) is 0 Å². The Labute approximate surface area is 146 Å². The number of hydrogen-bond donors (Lipinski definition) is 1. The zero-order chi connectivity index (χ0) is 17.5. The van der Waals surface area contributed by atoms with Crippen molar-refractivity contribution in [2.75, 3.05) is 0 Å². The van der Waals surface area contributed by atoms with Gasteiger partial charge in [0, 0.05) is 6.42 Å². The molecule has 134 valence electrons. The Morgan fingerprint density at radius 2 is 1.88 bits per heavy atom. The first-order valence-electron chi connectivity index (χ1n) is 9.26. The molecule has 1 N–H and O–H groups in total. The van der Waals surface area contributed by atoms with Crippen molar-refractivity contribution >= 4 is 5.97 Å². The lowest BCUT2D eigenvalue weighted by Gasteiger charge is -2.05. The summed E-state index contributed by atoms with van der Waals surface area (Å²) in [5.74, 6) is -0.163. The lowest BCUT2D eigenvalue weighted by molar-refractivity contribution is -0.145. The lowest BCUT2D eigenvalue weighted by Crippen LogP contribution is -2.04. The number of aliphatic hydroxyl groups excluding tert-OH is 1. The van der Waals surface area contributed by atoms with Crippen LogP contribution in [0.3, 0.4) is 0 Å². The second-order valence-electron chi connectivity index (χ2n) is 6.24. The normalized spacial score (nSPS) is 12.4. The lowest BCUT2D eigenvalue weighted by atomic mass is 10.1. The number of aliphatic hydroxyl groups is 1. The molecule has 0 aromatic heterocycles. The number of allylic oxidation sites excluding steroid dienone is 1. The molecule has 3 heteroatoms. The first-order valence-corrected chi connectivity index (χ1v) is 9.26. The molecule has 0 bridgehead atoms. The van der Waals surface area contributed by atoms with E-state index in [2.05, 4.69) is 6.92 Å². The predicted octanol–water partition coefficient (Wildman–Crippen LogP) is 5.18. The molecule has 0 radical (unpaired) electrons. The number of hydrogen-bond acceptors (Lipinski definition) is 3. The predicted molar refractivity (Wildman–Crippen MR) is 98.6 cm³/mol. The first-order chi connectivity index (χ1) is 11.7. The monoisotopic (exact) mass is 332 g/mol. The van der Waals surface area contributed by atoms with Gasteiger partial charge in [0.05, 0.1) is 6.10 Å². The summed E-state index contributed by atoms with van der Waals surface area (Å²) in [5.41, 5.74) is 1.01. The molecular weight excluding hydrogens is 300 g/mol. The van der Waals surface area contributed by atoms with Crippen molar-refractivity contribution in [3.05, 3.63) is 48.0 Å². The van der Waals surface area contributed by atoms with E-state index in [0.717, 1.165) is 31.2 Å². The van der Waals surface area contributed by atoms with Crippen LogP contribution in [0, 0.1) is 0 Å². The smallest absolute Gasteiger partial charge is 0.306 e. The fourth-order valence-corrected chi connectivity index (χ4v) is 2.48. The maximum atomic E-state index is 11.6. The molecule has 0 aliphatic heterocycles. The van der Waals surface area contributed by atoms with E-state index < -0.39 is 0 Å². The van der Waals surface area contributed by atoms with E-state index in [1.807, 2.05) is 42.5 Å². The number of esters is 1. The summed E-state index contributed by atoms with van der Waals surface area (Å²) in [4.78, 5) is 11.6. The summed E-state index contributed by atoms with van der Waals surface area (Å²) in [6.07, 6.45) is 12.4. The van der Waals surface area contributed by atoms with Gasteiger partial charge in [-0.05, 0) is 24.8 Å². The van der Waals surface area contributed by atoms with Crippen LogP contribution in [0.2, 0.25) is 0 Å². The maximum absolute atomic E-state index is 11.6. The van der Waals surface area contributed by atoms with Gasteiger partial charge in [0.15, 0.2) is 0 Å². The van der Waals surface area contributed by atoms with Crippen molar-refractivity contribution < 1.29 is 14.6 Å². The van der Waals surface area contributed by atoms with E-state index in [0.29, 0.717) is 13.0 Å². The molecule has 1 aromatic rings. The van der Waals surface area contributed by atoms with Crippen LogP contribution in [0.1, 0.15) is 70.3 Å². The number of benzene rings is 1. The second-order valence-corrected chi connectivity index (χ2v) is 6.24. The third-order valence-corrected chi connectivity index (χ3v) is 3.96. The van der Waals surface area contributed by atoms with Gasteiger partial charge < -0.3 is 9.84 Å². The first kappa shape index (κ1) is 20.4. The fourth-order valence-electron chi connectivity index (χ4n) is 2.48. The topological polar surface area (TPSA) is 46.5 Å². The Kier molecular flexibility index (Phi) is 11.7. The van der Waals surface area contributed by atoms with Crippen LogP contribution in [0.15, 0.2) is 42.5 Å². The quantitative estimate of drug-likeness (QED) is 0.308. The van der Waals surface area contributed by atoms with E-state index in [1.54, 1.807) is 0 Å². The van der Waals surface area contributed by atoms with Crippen LogP contribution in [0.4, 0.5) is 0 Å². The van der Waals surface area contributed by atoms with Gasteiger partial charge >= 0.3 is 5.97 Å². The van der Waals surface area contributed by atoms with Gasteiger partial charge in [-0.1, -0.05) is 81.5 Å². The number of unbranched alkanes of at least 4 members (excludes halogenated alkanes) is 5. The fraction of sp³-hybridized carbons (Fsp3) is 0.571. The van der Waals surface area contributed by atoms with Gasteiger partial charge in [-0.15, -0.1) is 0 Å². The van der Waals surface area contributed by atoms with Crippen molar-refractivity contribution in [1.29, 1.82) is 0 Å². The third-order valence-electron chi connectivity index (χ3n) is 3.96. The molecule has 0 aliphatic carbocycles. The zero-order valence-corrected chi connectivity index (χ0v) is 15.0. The zero-order valence-electron chi connectivity index (χ0n) is 15.0. The van der Waals surface area contributed by atoms with E-state index in [4.69, 9.17) is 4.74 Å². The molecule has 0 saturated heterocycles. The summed E-state index contributed by atoms with van der Waals surface area (Å²) in [6.45, 7) is 2.54. The molecule has 0 heterocycles. The standard InChI is InChI=1S/C21H32O3/c1-2-3-4-5-10-15-20(22)16-11-7-12-17-21(23)24-18-19-13-8-6-9-14-19/h6,8-9,11,13-14,16,20,22H,2-5,7,10,12,15,17-18H2,1H3/b16-11-. The highest BCUT2D eigenvalue weighted by atomic mass is 16.5. The largest absolute Gasteiger partial charge is 0.461 e. The van der Waals surface area contributed by atoms with E-state index in [1.165, 1.54) is 25.7 Å². The average molecular weight is 332 g/mol. The van der Waals surface area contributed by atoms with Crippen LogP contribution in [0.25, 0.3) is 0 Å². The molecule has 24 heavy (non-hydrogen) atoms. The Hall–Kier alpha value is -1.61. The van der Waals surface area contributed by atoms with Crippen LogP contribution in [-0.4, -0.2) is 17.2 Å². The van der Waals surface area contributed by atoms with Crippen LogP contribution in [-0.2, 0) is 16.1 Å². The molecule has 3 nitrogen and oxygen atoms in total. The van der Waals surface area contributed by atoms with E-state index in [9.17, 15) is 9.90 Å². The summed E-state index contributed by atoms with van der Waals surface area (Å²) in [6, 6.07) is 9.70. The van der Waals surface area contributed by atoms with Gasteiger partial charge in [0.25, 0.3) is 0 Å². The molecule has 1 unspecified atom stereocenters. The molecular formula is C21H32O3. The minimum absolute atomic E-state index is 0.163. The summed E-state index contributed by atoms with van der Waals surface area (Å²) >= 11 is 0. The third kappa shape index (κ3) is 11.0. The molecule has 0 amide bonds. The minimum Gasteiger partial charge on any atom is -0.461 e. The van der Waals surface area contributed by atoms with Gasteiger partial charge in [-0.3, -0.25) is 4.79 Å². The van der Waals surface area contributed by atoms with Gasteiger partial charge in [0.1, 0.15) is 6.61 Å². The number of ether oxygens (including phenoxy) is 1. The highest BCUT2D eigenvalue weighted by Crippen LogP contribution is 2.09. The van der Waals surface area contributed by atoms with E-state index in [-0.39, 0.29) is 12.1 Å². The van der Waals surface area contributed by atoms with Crippen molar-refractivity contribution in [3.8, 4) is 0 Å². The molecule has 0 saturated carbocycles. The van der Waals surface area contributed by atoms with E-state index >= 15 is 0 Å². The van der Waals surface area contributed by atoms with Crippen molar-refractivity contribution in [3.63, 3.8) is 0 Å². The number of carbonyl (C=O) groups is 1. The van der Waals surface area contributed by atoms with Crippen molar-refractivity contribution in [2.45, 2.75) is 77.4 Å². The Morgan fingerprint density at radius 3 is 2.62 bits per heavy atom. The second kappa shape index (κ2) is 13.8. The Morgan fingerprint density at radius 1 is 1.12 bits per heavy atom. The van der Waals surface area contributed by atoms with Crippen LogP contribution < -0.4 is 0 Å². The maximum Gasteiger partial charge on any atom is 0.306 e. The molecule has 1 rings (SSSR count). The molecule has 0 spiro atoms.